The highest BCUT2D eigenvalue weighted by Crippen LogP contribution is 2.83. The van der Waals surface area contributed by atoms with Gasteiger partial charge in [-0.25, -0.2) is 0 Å². The van der Waals surface area contributed by atoms with Crippen LogP contribution in [0.2, 0.25) is 0 Å². The first-order valence-electron chi connectivity index (χ1n) is 4.01. The van der Waals surface area contributed by atoms with E-state index in [2.05, 4.69) is 0 Å². The molecule has 0 radical (unpaired) electrons. The second-order valence-corrected chi connectivity index (χ2v) is 5.28. The molecule has 0 aromatic heterocycles. The highest BCUT2D eigenvalue weighted by molar-refractivity contribution is 6.52. The van der Waals surface area contributed by atoms with E-state index in [1.807, 2.05) is 0 Å². The molecule has 0 amide bonds. The molecular formula is C8H11Cl2F3. The van der Waals surface area contributed by atoms with Gasteiger partial charge in [0, 0.05) is 5.41 Å². The highest BCUT2D eigenvalue weighted by atomic mass is 35.5. The standard InChI is InChI=1S/C8H11Cl2F3/c1-4-6(8(11,12)13)5(2,3)7(6,9)10/h4H2,1-3H3. The van der Waals surface area contributed by atoms with Gasteiger partial charge in [-0.1, -0.05) is 20.8 Å². The molecule has 0 aliphatic heterocycles. The Morgan fingerprint density at radius 3 is 1.46 bits per heavy atom. The van der Waals surface area contributed by atoms with Crippen LogP contribution in [0.5, 0.6) is 0 Å². The zero-order valence-electron chi connectivity index (χ0n) is 7.60. The SMILES string of the molecule is CCC1(C(F)(F)F)C(C)(C)C1(Cl)Cl. The fourth-order valence-electron chi connectivity index (χ4n) is 2.25. The number of alkyl halides is 5. The van der Waals surface area contributed by atoms with Gasteiger partial charge < -0.3 is 0 Å². The van der Waals surface area contributed by atoms with Crippen molar-refractivity contribution in [2.24, 2.45) is 10.8 Å². The van der Waals surface area contributed by atoms with Gasteiger partial charge in [-0.05, 0) is 6.42 Å². The minimum atomic E-state index is -4.34. The molecule has 0 N–H and O–H groups in total. The molecule has 0 nitrogen and oxygen atoms in total. The second kappa shape index (κ2) is 2.48. The fourth-order valence-corrected chi connectivity index (χ4v) is 3.43. The minimum absolute atomic E-state index is 0.0868. The molecule has 1 atom stereocenters. The first kappa shape index (κ1) is 11.4. The van der Waals surface area contributed by atoms with Gasteiger partial charge >= 0.3 is 6.18 Å². The summed E-state index contributed by atoms with van der Waals surface area (Å²) < 4.78 is 36.5. The molecule has 0 aromatic rings. The van der Waals surface area contributed by atoms with Gasteiger partial charge in [0.15, 0.2) is 0 Å². The van der Waals surface area contributed by atoms with Crippen molar-refractivity contribution in [1.82, 2.24) is 0 Å². The largest absolute Gasteiger partial charge is 0.398 e. The first-order valence-corrected chi connectivity index (χ1v) is 4.76. The van der Waals surface area contributed by atoms with Crippen LogP contribution in [0, 0.1) is 10.8 Å². The van der Waals surface area contributed by atoms with Crippen LogP contribution < -0.4 is 0 Å². The quantitative estimate of drug-likeness (QED) is 0.598. The number of rotatable bonds is 1. The van der Waals surface area contributed by atoms with E-state index in [1.54, 1.807) is 0 Å². The van der Waals surface area contributed by atoms with Gasteiger partial charge in [-0.15, -0.1) is 23.2 Å². The van der Waals surface area contributed by atoms with E-state index in [-0.39, 0.29) is 6.42 Å². The van der Waals surface area contributed by atoms with Gasteiger partial charge in [0.1, 0.15) is 9.75 Å². The van der Waals surface area contributed by atoms with Crippen molar-refractivity contribution in [3.63, 3.8) is 0 Å². The van der Waals surface area contributed by atoms with Crippen molar-refractivity contribution < 1.29 is 13.2 Å². The van der Waals surface area contributed by atoms with Gasteiger partial charge in [-0.3, -0.25) is 0 Å². The lowest BCUT2D eigenvalue weighted by atomic mass is 9.92. The summed E-state index contributed by atoms with van der Waals surface area (Å²) >= 11 is 11.4. The van der Waals surface area contributed by atoms with E-state index in [1.165, 1.54) is 20.8 Å². The Kier molecular flexibility index (Phi) is 2.19. The molecule has 0 bridgehead atoms. The van der Waals surface area contributed by atoms with Crippen molar-refractivity contribution in [2.75, 3.05) is 0 Å². The molecule has 78 valence electrons. The van der Waals surface area contributed by atoms with Crippen molar-refractivity contribution in [3.8, 4) is 0 Å². The highest BCUT2D eigenvalue weighted by Gasteiger charge is 2.90. The van der Waals surface area contributed by atoms with Crippen molar-refractivity contribution in [1.29, 1.82) is 0 Å². The molecule has 1 unspecified atom stereocenters. The Hall–Kier alpha value is 0.370. The lowest BCUT2D eigenvalue weighted by molar-refractivity contribution is -0.198. The predicted molar refractivity (Wildman–Crippen MR) is 47.0 cm³/mol. The third-order valence-electron chi connectivity index (χ3n) is 3.34. The van der Waals surface area contributed by atoms with Crippen LogP contribution >= 0.6 is 23.2 Å². The maximum atomic E-state index is 12.7. The molecule has 0 saturated heterocycles. The summed E-state index contributed by atoms with van der Waals surface area (Å²) in [4.78, 5) is 0. The fraction of sp³-hybridized carbons (Fsp3) is 1.00. The number of halogens is 5. The Balaban J connectivity index is 3.16. The second-order valence-electron chi connectivity index (χ2n) is 3.96. The third kappa shape index (κ3) is 0.953. The Labute approximate surface area is 85.4 Å². The van der Waals surface area contributed by atoms with Crippen LogP contribution in [0.25, 0.3) is 0 Å². The molecule has 13 heavy (non-hydrogen) atoms. The van der Waals surface area contributed by atoms with Crippen LogP contribution in [0.15, 0.2) is 0 Å². The summed E-state index contributed by atoms with van der Waals surface area (Å²) in [5, 5.41) is 0. The van der Waals surface area contributed by atoms with Gasteiger partial charge in [0.25, 0.3) is 0 Å². The summed E-state index contributed by atoms with van der Waals surface area (Å²) in [6.45, 7) is 4.36. The Bertz CT molecular complexity index is 216. The molecule has 1 aliphatic carbocycles. The van der Waals surface area contributed by atoms with Gasteiger partial charge in [-0.2, -0.15) is 13.2 Å². The molecule has 5 heteroatoms. The molecule has 1 saturated carbocycles. The molecule has 0 aromatic carbocycles. The molecule has 0 spiro atoms. The average molecular weight is 235 g/mol. The van der Waals surface area contributed by atoms with E-state index >= 15 is 0 Å². The monoisotopic (exact) mass is 234 g/mol. The Morgan fingerprint density at radius 2 is 1.46 bits per heavy atom. The van der Waals surface area contributed by atoms with E-state index < -0.39 is 21.3 Å². The van der Waals surface area contributed by atoms with E-state index in [4.69, 9.17) is 23.2 Å². The Morgan fingerprint density at radius 1 is 1.15 bits per heavy atom. The molecular weight excluding hydrogens is 224 g/mol. The zero-order chi connectivity index (χ0) is 10.7. The molecule has 1 rings (SSSR count). The summed E-state index contributed by atoms with van der Waals surface area (Å²) in [7, 11) is 0. The molecule has 0 heterocycles. The van der Waals surface area contributed by atoms with E-state index in [0.29, 0.717) is 0 Å². The van der Waals surface area contributed by atoms with Gasteiger partial charge in [0.05, 0.1) is 0 Å². The minimum Gasteiger partial charge on any atom is -0.170 e. The van der Waals surface area contributed by atoms with Crippen molar-refractivity contribution in [3.05, 3.63) is 0 Å². The van der Waals surface area contributed by atoms with Crippen molar-refractivity contribution >= 4 is 23.2 Å². The normalized spacial score (nSPS) is 36.0. The lowest BCUT2D eigenvalue weighted by Crippen LogP contribution is -2.30. The van der Waals surface area contributed by atoms with Crippen LogP contribution in [0.4, 0.5) is 13.2 Å². The maximum Gasteiger partial charge on any atom is 0.398 e. The first-order chi connectivity index (χ1) is 5.56. The summed E-state index contributed by atoms with van der Waals surface area (Å²) in [5.74, 6) is 0. The van der Waals surface area contributed by atoms with Crippen LogP contribution in [-0.4, -0.2) is 10.5 Å². The molecule has 1 fully saturated rings. The maximum absolute atomic E-state index is 12.7. The average Bonchev–Trinajstić information content (AvgIpc) is 2.18. The van der Waals surface area contributed by atoms with Crippen molar-refractivity contribution in [2.45, 2.75) is 37.7 Å². The van der Waals surface area contributed by atoms with Crippen LogP contribution in [0.1, 0.15) is 27.2 Å². The topological polar surface area (TPSA) is 0 Å². The predicted octanol–water partition coefficient (Wildman–Crippen LogP) is 4.16. The van der Waals surface area contributed by atoms with Crippen LogP contribution in [-0.2, 0) is 0 Å². The summed E-state index contributed by atoms with van der Waals surface area (Å²) in [6, 6.07) is 0. The summed E-state index contributed by atoms with van der Waals surface area (Å²) in [6.07, 6.45) is -4.43. The lowest BCUT2D eigenvalue weighted by Gasteiger charge is -2.21. The smallest absolute Gasteiger partial charge is 0.170 e. The zero-order valence-corrected chi connectivity index (χ0v) is 9.11. The van der Waals surface area contributed by atoms with E-state index in [9.17, 15) is 13.2 Å². The van der Waals surface area contributed by atoms with E-state index in [0.717, 1.165) is 0 Å². The number of hydrogen-bond donors (Lipinski definition) is 0. The van der Waals surface area contributed by atoms with Crippen LogP contribution in [0.3, 0.4) is 0 Å². The third-order valence-corrected chi connectivity index (χ3v) is 4.93. The molecule has 1 aliphatic rings. The van der Waals surface area contributed by atoms with Gasteiger partial charge in [0.2, 0.25) is 0 Å². The number of hydrogen-bond acceptors (Lipinski definition) is 0. The summed E-state index contributed by atoms with van der Waals surface area (Å²) in [5.41, 5.74) is -3.05.